The van der Waals surface area contributed by atoms with E-state index in [1.807, 2.05) is 77.3 Å². The zero-order valence-electron chi connectivity index (χ0n) is 55.9. The summed E-state index contributed by atoms with van der Waals surface area (Å²) in [5.41, 5.74) is 18.3. The van der Waals surface area contributed by atoms with Gasteiger partial charge in [-0.25, -0.2) is 29.9 Å². The van der Waals surface area contributed by atoms with Gasteiger partial charge in [-0.05, 0) is 88.0 Å². The van der Waals surface area contributed by atoms with Gasteiger partial charge in [-0.1, -0.05) is 279 Å². The molecule has 0 saturated heterocycles. The Kier molecular flexibility index (Phi) is 15.4. The third kappa shape index (κ3) is 11.3. The molecule has 0 radical (unpaired) electrons. The largest absolute Gasteiger partial charge is 0.278 e. The van der Waals surface area contributed by atoms with Crippen LogP contribution in [0.1, 0.15) is 0 Å². The Balaban J connectivity index is 0.000000139. The first-order valence-electron chi connectivity index (χ1n) is 34.6. The topological polar surface area (TPSA) is 108 Å². The van der Waals surface area contributed by atoms with Crippen LogP contribution in [0.25, 0.3) is 200 Å². The molecule has 21 rings (SSSR count). The van der Waals surface area contributed by atoms with Crippen LogP contribution in [0, 0.1) is 0 Å². The normalized spacial score (nSPS) is 11.6. The molecule has 0 amide bonds. The Morgan fingerprint density at radius 3 is 1.08 bits per heavy atom. The first-order chi connectivity index (χ1) is 52.0. The molecule has 0 unspecified atom stereocenters. The zero-order chi connectivity index (χ0) is 69.3. The number of fused-ring (bicyclic) bond motifs is 11. The molecule has 21 aromatic rings. The van der Waals surface area contributed by atoms with Crippen LogP contribution in [0.2, 0.25) is 0 Å². The van der Waals surface area contributed by atoms with E-state index in [1.165, 1.54) is 61.2 Å². The molecular weight excluding hydrogens is 1360 g/mol. The molecule has 9 nitrogen and oxygen atoms in total. The Morgan fingerprint density at radius 2 is 0.562 bits per heavy atom. The van der Waals surface area contributed by atoms with Crippen molar-refractivity contribution < 1.29 is 0 Å². The van der Waals surface area contributed by atoms with Crippen LogP contribution in [0.15, 0.2) is 334 Å². The van der Waals surface area contributed by atoms with E-state index < -0.39 is 0 Å². The van der Waals surface area contributed by atoms with Crippen molar-refractivity contribution >= 4 is 128 Å². The molecule has 14 aromatic carbocycles. The fourth-order valence-electron chi connectivity index (χ4n) is 14.3. The molecule has 0 saturated carbocycles. The van der Waals surface area contributed by atoms with Gasteiger partial charge in [0.15, 0.2) is 29.1 Å². The van der Waals surface area contributed by atoms with Gasteiger partial charge in [0.1, 0.15) is 10.0 Å². The molecule has 492 valence electrons. The molecule has 0 spiro atoms. The van der Waals surface area contributed by atoms with E-state index in [0.717, 1.165) is 104 Å². The highest BCUT2D eigenvalue weighted by Crippen LogP contribution is 2.47. The average molecular weight is 1410 g/mol. The van der Waals surface area contributed by atoms with Gasteiger partial charge < -0.3 is 0 Å². The lowest BCUT2D eigenvalue weighted by atomic mass is 9.99. The lowest BCUT2D eigenvalue weighted by Gasteiger charge is -2.11. The van der Waals surface area contributed by atoms with Crippen LogP contribution >= 0.6 is 45.3 Å². The lowest BCUT2D eigenvalue weighted by Crippen LogP contribution is -2.06. The zero-order valence-corrected chi connectivity index (χ0v) is 59.2. The summed E-state index contributed by atoms with van der Waals surface area (Å²) in [7, 11) is 0. The van der Waals surface area contributed by atoms with Crippen LogP contribution in [-0.4, -0.2) is 44.4 Å². The molecule has 0 atom stereocenters. The molecule has 0 fully saturated rings. The second kappa shape index (κ2) is 26.2. The summed E-state index contributed by atoms with van der Waals surface area (Å²) in [4.78, 5) is 40.7. The fraction of sp³-hybridized carbons (Fsp3) is 0. The molecule has 13 heteroatoms. The van der Waals surface area contributed by atoms with E-state index in [-0.39, 0.29) is 0 Å². The Morgan fingerprint density at radius 1 is 0.210 bits per heavy atom. The predicted molar refractivity (Wildman–Crippen MR) is 440 cm³/mol. The van der Waals surface area contributed by atoms with Gasteiger partial charge >= 0.3 is 0 Å². The second-order valence-corrected chi connectivity index (χ2v) is 29.9. The van der Waals surface area contributed by atoms with Crippen LogP contribution in [-0.2, 0) is 0 Å². The van der Waals surface area contributed by atoms with Crippen LogP contribution in [0.4, 0.5) is 0 Å². The minimum Gasteiger partial charge on any atom is -0.278 e. The maximum absolute atomic E-state index is 5.28. The second-order valence-electron chi connectivity index (χ2n) is 25.7. The number of benzene rings is 14. The first kappa shape index (κ1) is 61.9. The molecule has 0 aliphatic carbocycles. The highest BCUT2D eigenvalue weighted by atomic mass is 32.1. The Hall–Kier alpha value is -12.9. The van der Waals surface area contributed by atoms with Crippen LogP contribution < -0.4 is 0 Å². The number of rotatable bonds is 11. The summed E-state index contributed by atoms with van der Waals surface area (Å²) >= 11 is 7.09. The predicted octanol–water partition coefficient (Wildman–Crippen LogP) is 25.5. The molecule has 0 aliphatic rings. The maximum Gasteiger partial charge on any atom is 0.238 e. The lowest BCUT2D eigenvalue weighted by molar-refractivity contribution is 0.954. The quantitative estimate of drug-likeness (QED) is 0.126. The van der Waals surface area contributed by atoms with Gasteiger partial charge in [0.05, 0.1) is 31.5 Å². The minimum absolute atomic E-state index is 0.594. The summed E-state index contributed by atoms with van der Waals surface area (Å²) in [5.74, 6) is 3.83. The van der Waals surface area contributed by atoms with E-state index in [0.29, 0.717) is 35.1 Å². The molecule has 0 aliphatic heterocycles. The third-order valence-electron chi connectivity index (χ3n) is 19.3. The van der Waals surface area contributed by atoms with Crippen LogP contribution in [0.5, 0.6) is 0 Å². The summed E-state index contributed by atoms with van der Waals surface area (Å²) in [5, 5.41) is 9.09. The number of thiophene rings is 2. The summed E-state index contributed by atoms with van der Waals surface area (Å²) in [6.07, 6.45) is 0. The van der Waals surface area contributed by atoms with Gasteiger partial charge in [-0.3, -0.25) is 4.57 Å². The van der Waals surface area contributed by atoms with Crippen molar-refractivity contribution in [3.8, 4) is 117 Å². The average Bonchev–Trinajstić information content (AvgIpc) is 1.61. The minimum atomic E-state index is 0.594. The van der Waals surface area contributed by atoms with E-state index in [9.17, 15) is 0 Å². The van der Waals surface area contributed by atoms with Gasteiger partial charge in [-0.2, -0.15) is 9.97 Å². The molecular formula is C92H55N9S4. The van der Waals surface area contributed by atoms with Crippen molar-refractivity contribution in [2.75, 3.05) is 0 Å². The number of hydrogen-bond donors (Lipinski definition) is 0. The van der Waals surface area contributed by atoms with Crippen molar-refractivity contribution in [2.24, 2.45) is 0 Å². The number of thiazole rings is 2. The SMILES string of the molecule is c1ccc(-c2cccc(-c3nc(-c4ccccc4)nc(-c4cccc5sc6c(-c7ccc(-c8nc9ccccc9s8)cc7)cccc6c45)n3)c2)cc1.c1ccc(-c2nc(-c3cccc4sc5c(-c6ccc(-c7nc8ccccc8s7)cc6)cccc5c34)nc(-n3c4ccccc4c4ccccc43)n2)cc1. The van der Waals surface area contributed by atoms with Gasteiger partial charge in [-0.15, -0.1) is 45.3 Å². The molecule has 105 heavy (non-hydrogen) atoms. The van der Waals surface area contributed by atoms with E-state index >= 15 is 0 Å². The van der Waals surface area contributed by atoms with Crippen molar-refractivity contribution in [2.45, 2.75) is 0 Å². The van der Waals surface area contributed by atoms with Gasteiger partial charge in [0.2, 0.25) is 5.95 Å². The van der Waals surface area contributed by atoms with Crippen molar-refractivity contribution in [1.29, 1.82) is 0 Å². The monoisotopic (exact) mass is 1410 g/mol. The van der Waals surface area contributed by atoms with Crippen molar-refractivity contribution in [3.63, 3.8) is 0 Å². The molecule has 7 heterocycles. The number of para-hydroxylation sites is 4. The number of hydrogen-bond acceptors (Lipinski definition) is 12. The number of nitrogens with zero attached hydrogens (tertiary/aromatic N) is 9. The fourth-order valence-corrected chi connectivity index (χ4v) is 18.8. The molecule has 7 aromatic heterocycles. The van der Waals surface area contributed by atoms with Crippen molar-refractivity contribution in [3.05, 3.63) is 334 Å². The van der Waals surface area contributed by atoms with E-state index in [1.54, 1.807) is 22.7 Å². The van der Waals surface area contributed by atoms with Gasteiger partial charge in [0.25, 0.3) is 0 Å². The van der Waals surface area contributed by atoms with Gasteiger partial charge in [0, 0.05) is 90.1 Å². The molecule has 0 bridgehead atoms. The van der Waals surface area contributed by atoms with E-state index in [2.05, 4.69) is 284 Å². The van der Waals surface area contributed by atoms with Crippen molar-refractivity contribution in [1.82, 2.24) is 44.4 Å². The summed E-state index contributed by atoms with van der Waals surface area (Å²) in [6, 6.07) is 117. The maximum atomic E-state index is 5.28. The molecule has 0 N–H and O–H groups in total. The third-order valence-corrected chi connectivity index (χ3v) is 23.9. The smallest absolute Gasteiger partial charge is 0.238 e. The van der Waals surface area contributed by atoms with Crippen LogP contribution in [0.3, 0.4) is 0 Å². The van der Waals surface area contributed by atoms with E-state index in [4.69, 9.17) is 39.9 Å². The highest BCUT2D eigenvalue weighted by molar-refractivity contribution is 7.27. The number of aromatic nitrogens is 9. The summed E-state index contributed by atoms with van der Waals surface area (Å²) in [6.45, 7) is 0. The summed E-state index contributed by atoms with van der Waals surface area (Å²) < 4.78 is 9.44. The Bertz CT molecular complexity index is 6780. The Labute approximate surface area is 618 Å². The first-order valence-corrected chi connectivity index (χ1v) is 37.9. The standard InChI is InChI=1S/C46H27N5S2.C46H28N4S2/c1-2-12-29(13-3-1)43-48-44(50-46(49-43)51-37-20-7-4-14-32(37)33-15-5-8-21-38(33)51)35-18-11-23-40-41(35)34-17-10-16-31(42(34)52-40)28-24-26-30(27-25-28)45-47-36-19-6-9-22-39(36)53-45;1-3-12-29(13-4-1)33-16-9-17-34(28-33)44-48-43(31-14-5-2-6-15-31)49-45(50-44)37-20-11-23-40-41(37)36-19-10-18-35(42(36)51-40)30-24-26-32(27-25-30)46-47-38-21-7-8-22-39(38)52-46/h1-27H;1-28H. The highest BCUT2D eigenvalue weighted by Gasteiger charge is 2.23.